The molecule has 202 valence electrons. The molecule has 2 amide bonds. The molecule has 9 nitrogen and oxygen atoms in total. The van der Waals surface area contributed by atoms with Gasteiger partial charge in [-0.25, -0.2) is 0 Å². The van der Waals surface area contributed by atoms with Crippen molar-refractivity contribution < 1.29 is 27.9 Å². The second kappa shape index (κ2) is 10.8. The molecule has 4 rings (SSSR count). The second-order valence-corrected chi connectivity index (χ2v) is 8.85. The quantitative estimate of drug-likeness (QED) is 0.176. The van der Waals surface area contributed by atoms with Gasteiger partial charge < -0.3 is 26.8 Å². The minimum Gasteiger partial charge on any atom is -0.507 e. The highest BCUT2D eigenvalue weighted by Crippen LogP contribution is 2.30. The summed E-state index contributed by atoms with van der Waals surface area (Å²) >= 11 is 0. The molecule has 0 aliphatic carbocycles. The maximum absolute atomic E-state index is 12.7. The molecule has 0 aliphatic rings. The van der Waals surface area contributed by atoms with Crippen LogP contribution in [0, 0.1) is 13.8 Å². The van der Waals surface area contributed by atoms with E-state index in [0.29, 0.717) is 23.7 Å². The summed E-state index contributed by atoms with van der Waals surface area (Å²) in [6, 6.07) is 14.0. The first kappa shape index (κ1) is 27.0. The number of rotatable bonds is 8. The van der Waals surface area contributed by atoms with Crippen LogP contribution in [0.15, 0.2) is 60.7 Å². The molecule has 39 heavy (non-hydrogen) atoms. The van der Waals surface area contributed by atoms with Gasteiger partial charge in [0.05, 0.1) is 5.56 Å². The van der Waals surface area contributed by atoms with E-state index in [0.717, 1.165) is 41.0 Å². The van der Waals surface area contributed by atoms with Gasteiger partial charge in [-0.2, -0.15) is 18.3 Å². The lowest BCUT2D eigenvalue weighted by molar-refractivity contribution is -0.137. The zero-order chi connectivity index (χ0) is 28.3. The number of benzene rings is 3. The van der Waals surface area contributed by atoms with Gasteiger partial charge in [-0.1, -0.05) is 12.1 Å². The van der Waals surface area contributed by atoms with Crippen LogP contribution in [-0.2, 0) is 12.7 Å². The summed E-state index contributed by atoms with van der Waals surface area (Å²) in [6.07, 6.45) is -4.48. The maximum atomic E-state index is 12.7. The van der Waals surface area contributed by atoms with E-state index in [9.17, 15) is 27.9 Å². The minimum absolute atomic E-state index is 0.0745. The fraction of sp³-hybridized carbons (Fsp3) is 0.148. The molecule has 4 aromatic rings. The normalized spacial score (nSPS) is 11.2. The van der Waals surface area contributed by atoms with Gasteiger partial charge in [0, 0.05) is 23.5 Å². The average molecular weight is 539 g/mol. The zero-order valence-corrected chi connectivity index (χ0v) is 20.9. The Kier molecular flexibility index (Phi) is 7.47. The fourth-order valence-corrected chi connectivity index (χ4v) is 3.93. The molecular weight excluding hydrogens is 513 g/mol. The highest BCUT2D eigenvalue weighted by molar-refractivity contribution is 6.04. The summed E-state index contributed by atoms with van der Waals surface area (Å²) < 4.78 is 38.2. The number of aryl methyl sites for hydroxylation is 2. The number of nitrogens with one attached hydrogen (secondary N) is 4. The predicted molar refractivity (Wildman–Crippen MR) is 141 cm³/mol. The third kappa shape index (κ3) is 6.29. The van der Waals surface area contributed by atoms with Crippen LogP contribution < -0.4 is 21.7 Å². The number of halogens is 3. The van der Waals surface area contributed by atoms with Gasteiger partial charge in [0.15, 0.2) is 5.82 Å². The number of phenolic OH excluding ortho intramolecular Hbond substituents is 1. The molecule has 0 aliphatic heterocycles. The second-order valence-electron chi connectivity index (χ2n) is 8.85. The number of anilines is 4. The largest absolute Gasteiger partial charge is 0.507 e. The highest BCUT2D eigenvalue weighted by Gasteiger charge is 2.30. The molecule has 0 unspecified atom stereocenters. The molecule has 0 atom stereocenters. The molecule has 0 saturated heterocycles. The summed E-state index contributed by atoms with van der Waals surface area (Å²) in [6.45, 7) is 3.94. The number of aromatic hydroxyl groups is 1. The number of hydrogen-bond donors (Lipinski definition) is 6. The molecule has 12 heteroatoms. The monoisotopic (exact) mass is 538 g/mol. The molecule has 7 N–H and O–H groups in total. The molecule has 3 aromatic carbocycles. The number of carbonyl (C=O) groups excluding carboxylic acids is 2. The summed E-state index contributed by atoms with van der Waals surface area (Å²) in [5.74, 6) is -0.553. The summed E-state index contributed by atoms with van der Waals surface area (Å²) in [5.41, 5.74) is 8.23. The van der Waals surface area contributed by atoms with E-state index in [4.69, 9.17) is 5.73 Å². The van der Waals surface area contributed by atoms with Crippen LogP contribution in [0.4, 0.5) is 36.2 Å². The number of nitrogens with two attached hydrogens (primary N) is 1. The number of nitrogens with zero attached hydrogens (tertiary/aromatic N) is 1. The van der Waals surface area contributed by atoms with Gasteiger partial charge in [0.25, 0.3) is 11.8 Å². The van der Waals surface area contributed by atoms with Crippen LogP contribution in [-0.4, -0.2) is 27.1 Å². The van der Waals surface area contributed by atoms with Gasteiger partial charge in [-0.05, 0) is 79.1 Å². The average Bonchev–Trinajstić information content (AvgIpc) is 3.29. The van der Waals surface area contributed by atoms with Crippen molar-refractivity contribution in [3.05, 3.63) is 94.0 Å². The number of hydrogen-bond acceptors (Lipinski definition) is 6. The maximum Gasteiger partial charge on any atom is 0.416 e. The third-order valence-electron chi connectivity index (χ3n) is 5.91. The van der Waals surface area contributed by atoms with Crippen molar-refractivity contribution in [2.75, 3.05) is 16.0 Å². The Morgan fingerprint density at radius 1 is 0.974 bits per heavy atom. The van der Waals surface area contributed by atoms with Crippen LogP contribution in [0.1, 0.15) is 43.0 Å². The van der Waals surface area contributed by atoms with E-state index in [1.165, 1.54) is 0 Å². The Hall–Kier alpha value is -5.00. The summed E-state index contributed by atoms with van der Waals surface area (Å²) in [7, 11) is 0. The number of aromatic nitrogens is 2. The third-order valence-corrected chi connectivity index (χ3v) is 5.91. The van der Waals surface area contributed by atoms with Crippen molar-refractivity contribution in [1.29, 1.82) is 0 Å². The number of phenols is 1. The first-order valence-electron chi connectivity index (χ1n) is 11.7. The molecule has 0 bridgehead atoms. The lowest BCUT2D eigenvalue weighted by atomic mass is 10.1. The van der Waals surface area contributed by atoms with Gasteiger partial charge in [0.2, 0.25) is 0 Å². The standard InChI is InChI=1S/C27H25F3N6O3/c1-14-11-16(12-15(2)22(14)37)13-32-24-21(23(31)38)25(36-35-24)33-19-7-9-20(10-8-19)34-26(39)17-3-5-18(6-4-17)27(28,29)30/h3-12,37H,13H2,1-2H3,(H2,31,38)(H,34,39)(H3,32,33,35,36). The molecule has 0 radical (unpaired) electrons. The Balaban J connectivity index is 1.42. The predicted octanol–water partition coefficient (Wildman–Crippen LogP) is 5.46. The Labute approximate surface area is 221 Å². The number of primary amides is 1. The molecule has 1 aromatic heterocycles. The van der Waals surface area contributed by atoms with Crippen molar-refractivity contribution in [3.8, 4) is 5.75 Å². The molecule has 0 fully saturated rings. The first-order valence-corrected chi connectivity index (χ1v) is 11.7. The molecule has 0 spiro atoms. The first-order chi connectivity index (χ1) is 18.4. The van der Waals surface area contributed by atoms with E-state index in [1.54, 1.807) is 38.1 Å². The topological polar surface area (TPSA) is 145 Å². The van der Waals surface area contributed by atoms with Gasteiger partial charge in [-0.3, -0.25) is 14.7 Å². The van der Waals surface area contributed by atoms with Gasteiger partial charge >= 0.3 is 6.18 Å². The van der Waals surface area contributed by atoms with Gasteiger partial charge in [0.1, 0.15) is 17.1 Å². The minimum atomic E-state index is -4.48. The Bertz CT molecular complexity index is 1490. The number of carbonyl (C=O) groups is 2. The SMILES string of the molecule is Cc1cc(CNc2[nH]nc(Nc3ccc(NC(=O)c4ccc(C(F)(F)F)cc4)cc3)c2C(N)=O)cc(C)c1O. The Morgan fingerprint density at radius 3 is 2.13 bits per heavy atom. The molecular formula is C27H25F3N6O3. The highest BCUT2D eigenvalue weighted by atomic mass is 19.4. The number of amides is 2. The zero-order valence-electron chi connectivity index (χ0n) is 20.9. The van der Waals surface area contributed by atoms with Crippen LogP contribution in [0.3, 0.4) is 0 Å². The van der Waals surface area contributed by atoms with E-state index < -0.39 is 23.6 Å². The van der Waals surface area contributed by atoms with E-state index >= 15 is 0 Å². The van der Waals surface area contributed by atoms with Crippen LogP contribution >= 0.6 is 0 Å². The molecule has 0 saturated carbocycles. The lowest BCUT2D eigenvalue weighted by Crippen LogP contribution is -2.15. The van der Waals surface area contributed by atoms with E-state index in [2.05, 4.69) is 26.1 Å². The van der Waals surface area contributed by atoms with Crippen molar-refractivity contribution >= 4 is 34.8 Å². The molecule has 1 heterocycles. The van der Waals surface area contributed by atoms with E-state index in [-0.39, 0.29) is 22.7 Å². The van der Waals surface area contributed by atoms with Crippen molar-refractivity contribution in [1.82, 2.24) is 10.2 Å². The van der Waals surface area contributed by atoms with Crippen LogP contribution in [0.25, 0.3) is 0 Å². The van der Waals surface area contributed by atoms with Crippen molar-refractivity contribution in [2.24, 2.45) is 5.73 Å². The van der Waals surface area contributed by atoms with Crippen LogP contribution in [0.2, 0.25) is 0 Å². The van der Waals surface area contributed by atoms with Gasteiger partial charge in [-0.15, -0.1) is 0 Å². The van der Waals surface area contributed by atoms with Crippen molar-refractivity contribution in [3.63, 3.8) is 0 Å². The Morgan fingerprint density at radius 2 is 1.56 bits per heavy atom. The smallest absolute Gasteiger partial charge is 0.416 e. The number of alkyl halides is 3. The number of H-pyrrole nitrogens is 1. The van der Waals surface area contributed by atoms with Crippen molar-refractivity contribution in [2.45, 2.75) is 26.6 Å². The summed E-state index contributed by atoms with van der Waals surface area (Å²) in [4.78, 5) is 24.6. The van der Waals surface area contributed by atoms with E-state index in [1.807, 2.05) is 12.1 Å². The van der Waals surface area contributed by atoms with Crippen LogP contribution in [0.5, 0.6) is 5.75 Å². The summed E-state index contributed by atoms with van der Waals surface area (Å²) in [5, 5.41) is 25.6. The lowest BCUT2D eigenvalue weighted by Gasteiger charge is -2.11. The number of aromatic amines is 1. The fourth-order valence-electron chi connectivity index (χ4n) is 3.93.